The Hall–Kier alpha value is -0.730. The molecule has 8 heteroatoms. The lowest BCUT2D eigenvalue weighted by molar-refractivity contribution is -0.117. The Morgan fingerprint density at radius 3 is 2.57 bits per heavy atom. The van der Waals surface area contributed by atoms with Gasteiger partial charge in [-0.1, -0.05) is 31.9 Å². The van der Waals surface area contributed by atoms with Crippen molar-refractivity contribution in [2.75, 3.05) is 5.32 Å². The molecule has 21 heavy (non-hydrogen) atoms. The van der Waals surface area contributed by atoms with Gasteiger partial charge >= 0.3 is 0 Å². The first-order chi connectivity index (χ1) is 9.81. The molecule has 2 aliphatic rings. The highest BCUT2D eigenvalue weighted by molar-refractivity contribution is 9.26. The number of Topliss-reactive ketones (excluding diaryl/α,β-unsaturated/α-hetero) is 1. The molecule has 2 amide bonds. The van der Waals surface area contributed by atoms with Crippen LogP contribution in [0.1, 0.15) is 44.9 Å². The van der Waals surface area contributed by atoms with E-state index in [0.29, 0.717) is 28.3 Å². The molecule has 0 saturated heterocycles. The fourth-order valence-electron chi connectivity index (χ4n) is 2.36. The van der Waals surface area contributed by atoms with Gasteiger partial charge in [0.1, 0.15) is 8.23 Å². The second-order valence-electron chi connectivity index (χ2n) is 5.28. The highest BCUT2D eigenvalue weighted by Crippen LogP contribution is 2.46. The molecule has 0 atom stereocenters. The maximum atomic E-state index is 12.4. The average Bonchev–Trinajstić information content (AvgIpc) is 3.17. The van der Waals surface area contributed by atoms with Crippen LogP contribution in [0.15, 0.2) is 0 Å². The monoisotopic (exact) mass is 434 g/mol. The minimum atomic E-state index is -0.801. The van der Waals surface area contributed by atoms with Crippen LogP contribution in [0.5, 0.6) is 0 Å². The van der Waals surface area contributed by atoms with E-state index in [1.807, 2.05) is 0 Å². The molecule has 0 unspecified atom stereocenters. The van der Waals surface area contributed by atoms with Crippen LogP contribution >= 0.6 is 43.2 Å². The van der Waals surface area contributed by atoms with Crippen LogP contribution < -0.4 is 11.1 Å². The summed E-state index contributed by atoms with van der Waals surface area (Å²) in [6.07, 6.45) is 2.80. The summed E-state index contributed by atoms with van der Waals surface area (Å²) in [5, 5.41) is 3.15. The number of carbonyl (C=O) groups excluding carboxylic acids is 3. The van der Waals surface area contributed by atoms with E-state index in [1.54, 1.807) is 0 Å². The second-order valence-corrected chi connectivity index (χ2v) is 10.1. The number of halogens is 2. The molecule has 1 aromatic heterocycles. The topological polar surface area (TPSA) is 89.3 Å². The lowest BCUT2D eigenvalue weighted by Gasteiger charge is -2.23. The van der Waals surface area contributed by atoms with Gasteiger partial charge in [0.2, 0.25) is 5.91 Å². The summed E-state index contributed by atoms with van der Waals surface area (Å²) in [4.78, 5) is 36.5. The first-order valence-corrected chi connectivity index (χ1v) is 8.90. The van der Waals surface area contributed by atoms with E-state index < -0.39 is 9.14 Å². The summed E-state index contributed by atoms with van der Waals surface area (Å²) >= 11 is 7.84. The van der Waals surface area contributed by atoms with E-state index in [4.69, 9.17) is 5.73 Å². The molecule has 1 heterocycles. The van der Waals surface area contributed by atoms with Crippen LogP contribution in [0.3, 0.4) is 0 Å². The highest BCUT2D eigenvalue weighted by atomic mass is 79.9. The molecule has 3 N–H and O–H groups in total. The molecule has 0 bridgehead atoms. The van der Waals surface area contributed by atoms with Crippen molar-refractivity contribution in [1.29, 1.82) is 0 Å². The molecule has 0 spiro atoms. The van der Waals surface area contributed by atoms with E-state index in [-0.39, 0.29) is 23.2 Å². The minimum absolute atomic E-state index is 0.0204. The summed E-state index contributed by atoms with van der Waals surface area (Å²) in [5.74, 6) is -0.828. The van der Waals surface area contributed by atoms with Gasteiger partial charge in [-0.3, -0.25) is 14.4 Å². The summed E-state index contributed by atoms with van der Waals surface area (Å²) in [6.45, 7) is 0. The predicted octanol–water partition coefficient (Wildman–Crippen LogP) is 2.81. The molecule has 1 fully saturated rings. The molecule has 0 aromatic carbocycles. The van der Waals surface area contributed by atoms with Gasteiger partial charge in [-0.15, -0.1) is 11.3 Å². The zero-order valence-electron chi connectivity index (χ0n) is 10.9. The molecular formula is C13H12Br2N2O3S. The number of primary amides is 1. The van der Waals surface area contributed by atoms with Gasteiger partial charge in [0.15, 0.2) is 5.78 Å². The number of nitrogens with one attached hydrogen (secondary N) is 1. The van der Waals surface area contributed by atoms with Crippen molar-refractivity contribution in [3.8, 4) is 0 Å². The lowest BCUT2D eigenvalue weighted by atomic mass is 9.94. The molecule has 0 radical (unpaired) electrons. The number of anilines is 1. The Balaban J connectivity index is 2.03. The smallest absolute Gasteiger partial charge is 0.252 e. The number of amides is 2. The number of thiophene rings is 1. The molecule has 1 aromatic rings. The molecule has 1 saturated carbocycles. The van der Waals surface area contributed by atoms with Crippen LogP contribution in [-0.4, -0.2) is 20.8 Å². The Kier molecular flexibility index (Phi) is 3.74. The Morgan fingerprint density at radius 1 is 1.33 bits per heavy atom. The van der Waals surface area contributed by atoms with Gasteiger partial charge < -0.3 is 11.1 Å². The Labute approximate surface area is 141 Å². The van der Waals surface area contributed by atoms with Crippen LogP contribution in [0.2, 0.25) is 0 Å². The summed E-state index contributed by atoms with van der Waals surface area (Å²) in [7, 11) is 0. The Bertz CT molecular complexity index is 665. The van der Waals surface area contributed by atoms with E-state index in [0.717, 1.165) is 24.2 Å². The summed E-state index contributed by atoms with van der Waals surface area (Å²) in [5.41, 5.74) is 6.38. The number of fused-ring (bicyclic) bond motifs is 1. The second kappa shape index (κ2) is 5.17. The van der Waals surface area contributed by atoms with Crippen molar-refractivity contribution in [1.82, 2.24) is 0 Å². The third kappa shape index (κ3) is 2.68. The van der Waals surface area contributed by atoms with E-state index in [9.17, 15) is 14.4 Å². The van der Waals surface area contributed by atoms with Crippen molar-refractivity contribution in [2.45, 2.75) is 28.9 Å². The van der Waals surface area contributed by atoms with Crippen molar-refractivity contribution in [2.24, 2.45) is 11.7 Å². The number of hydrogen-bond donors (Lipinski definition) is 2. The van der Waals surface area contributed by atoms with Crippen molar-refractivity contribution in [3.05, 3.63) is 16.0 Å². The number of rotatable bonds is 3. The zero-order chi connectivity index (χ0) is 15.4. The third-order valence-electron chi connectivity index (χ3n) is 3.67. The van der Waals surface area contributed by atoms with Gasteiger partial charge in [0.05, 0.1) is 10.4 Å². The number of hydrogen-bond acceptors (Lipinski definition) is 4. The molecule has 0 aliphatic heterocycles. The van der Waals surface area contributed by atoms with E-state index in [1.165, 1.54) is 0 Å². The number of carbonyl (C=O) groups is 3. The number of alkyl halides is 2. The Morgan fingerprint density at radius 2 is 2.00 bits per heavy atom. The number of ketones is 1. The van der Waals surface area contributed by atoms with Crippen molar-refractivity contribution < 1.29 is 14.4 Å². The largest absolute Gasteiger partial charge is 0.365 e. The maximum Gasteiger partial charge on any atom is 0.252 e. The number of nitrogens with two attached hydrogens (primary N) is 1. The van der Waals surface area contributed by atoms with Crippen LogP contribution in [-0.2, 0) is 11.2 Å². The van der Waals surface area contributed by atoms with E-state index >= 15 is 0 Å². The maximum absolute atomic E-state index is 12.4. The third-order valence-corrected chi connectivity index (χ3v) is 6.33. The normalized spacial score (nSPS) is 20.0. The standard InChI is InChI=1S/C13H12Br2N2O3S/c14-13(15)4-3-6-7(10(16)19)12(21-8(6)9(13)18)17-11(20)5-1-2-5/h5H,1-4H2,(H2,16,19)(H,17,20). The van der Waals surface area contributed by atoms with Crippen molar-refractivity contribution in [3.63, 3.8) is 0 Å². The van der Waals surface area contributed by atoms with Crippen molar-refractivity contribution >= 4 is 65.8 Å². The van der Waals surface area contributed by atoms with Crippen LogP contribution in [0.4, 0.5) is 5.00 Å². The highest BCUT2D eigenvalue weighted by Gasteiger charge is 2.42. The van der Waals surface area contributed by atoms with E-state index in [2.05, 4.69) is 37.2 Å². The quantitative estimate of drug-likeness (QED) is 0.715. The molecule has 3 rings (SSSR count). The molecule has 5 nitrogen and oxygen atoms in total. The van der Waals surface area contributed by atoms with Gasteiger partial charge in [-0.25, -0.2) is 0 Å². The predicted molar refractivity (Wildman–Crippen MR) is 87.4 cm³/mol. The van der Waals surface area contributed by atoms with Gasteiger partial charge in [-0.2, -0.15) is 0 Å². The fraction of sp³-hybridized carbons (Fsp3) is 0.462. The summed E-state index contributed by atoms with van der Waals surface area (Å²) in [6, 6.07) is 0. The molecular weight excluding hydrogens is 424 g/mol. The zero-order valence-corrected chi connectivity index (χ0v) is 14.9. The fourth-order valence-corrected chi connectivity index (χ4v) is 4.69. The lowest BCUT2D eigenvalue weighted by Crippen LogP contribution is -2.30. The first kappa shape index (κ1) is 15.2. The van der Waals surface area contributed by atoms with Crippen LogP contribution in [0, 0.1) is 5.92 Å². The van der Waals surface area contributed by atoms with Gasteiger partial charge in [-0.05, 0) is 31.2 Å². The summed E-state index contributed by atoms with van der Waals surface area (Å²) < 4.78 is -0.801. The SMILES string of the molecule is NC(=O)c1c(NC(=O)C2CC2)sc2c1CCC(Br)(Br)C2=O. The first-order valence-electron chi connectivity index (χ1n) is 6.50. The minimum Gasteiger partial charge on any atom is -0.365 e. The average molecular weight is 436 g/mol. The molecule has 2 aliphatic carbocycles. The van der Waals surface area contributed by atoms with Crippen LogP contribution in [0.25, 0.3) is 0 Å². The van der Waals surface area contributed by atoms with Gasteiger partial charge in [0, 0.05) is 5.92 Å². The molecule has 112 valence electrons. The van der Waals surface area contributed by atoms with Gasteiger partial charge in [0.25, 0.3) is 5.91 Å².